The van der Waals surface area contributed by atoms with Gasteiger partial charge >= 0.3 is 0 Å². The van der Waals surface area contributed by atoms with Crippen LogP contribution in [-0.4, -0.2) is 43.7 Å². The number of anilines is 1. The monoisotopic (exact) mass is 392 g/mol. The van der Waals surface area contributed by atoms with E-state index in [9.17, 15) is 13.2 Å². The summed E-state index contributed by atoms with van der Waals surface area (Å²) in [5, 5.41) is 7.21. The minimum atomic E-state index is -3.40. The highest BCUT2D eigenvalue weighted by Crippen LogP contribution is 2.32. The Kier molecular flexibility index (Phi) is 4.45. The van der Waals surface area contributed by atoms with E-state index in [-0.39, 0.29) is 11.9 Å². The summed E-state index contributed by atoms with van der Waals surface area (Å²) in [6.07, 6.45) is 5.92. The number of para-hydroxylation sites is 1. The first-order chi connectivity index (χ1) is 12.4. The molecule has 0 spiro atoms. The fourth-order valence-corrected chi connectivity index (χ4v) is 5.12. The quantitative estimate of drug-likeness (QED) is 0.720. The smallest absolute Gasteiger partial charge is 0.263 e. The number of fused-ring (bicyclic) bond motifs is 2. The van der Waals surface area contributed by atoms with Crippen molar-refractivity contribution in [3.63, 3.8) is 0 Å². The van der Waals surface area contributed by atoms with Gasteiger partial charge in [-0.1, -0.05) is 12.1 Å². The lowest BCUT2D eigenvalue weighted by atomic mass is 9.95. The maximum Gasteiger partial charge on any atom is 0.263 e. The second-order valence-electron chi connectivity index (χ2n) is 6.81. The Morgan fingerprint density at radius 3 is 2.81 bits per heavy atom. The molecule has 2 bridgehead atoms. The third-order valence-corrected chi connectivity index (χ3v) is 6.42. The fraction of sp³-hybridized carbons (Fsp3) is 0.412. The molecule has 2 aliphatic heterocycles. The van der Waals surface area contributed by atoms with Gasteiger partial charge in [-0.25, -0.2) is 13.4 Å². The zero-order chi connectivity index (χ0) is 18.3. The van der Waals surface area contributed by atoms with Crippen LogP contribution in [0.15, 0.2) is 30.5 Å². The van der Waals surface area contributed by atoms with Crippen LogP contribution >= 0.6 is 11.3 Å². The van der Waals surface area contributed by atoms with Crippen molar-refractivity contribution in [3.8, 4) is 10.6 Å². The number of nitrogens with zero attached hydrogens (tertiary/aromatic N) is 1. The average Bonchev–Trinajstić information content (AvgIpc) is 3.30. The van der Waals surface area contributed by atoms with Gasteiger partial charge in [-0.3, -0.25) is 9.52 Å². The Morgan fingerprint density at radius 2 is 2.12 bits per heavy atom. The molecule has 0 radical (unpaired) electrons. The molecule has 1 aromatic heterocycles. The standard InChI is InChI=1S/C17H20N4O3S2/c1-26(23,24)21-12-5-3-2-4-11(12)17-18-9-15(25-17)16(22)20-14-8-10-6-7-13(14)19-10/h2-5,9-10,13-14,19,21H,6-8H2,1H3,(H,20,22). The van der Waals surface area contributed by atoms with Gasteiger partial charge in [0, 0.05) is 23.7 Å². The molecule has 9 heteroatoms. The predicted octanol–water partition coefficient (Wildman–Crippen LogP) is 1.80. The summed E-state index contributed by atoms with van der Waals surface area (Å²) in [5.74, 6) is -0.123. The van der Waals surface area contributed by atoms with Crippen LogP contribution in [0.4, 0.5) is 5.69 Å². The number of carbonyl (C=O) groups excluding carboxylic acids is 1. The largest absolute Gasteiger partial charge is 0.347 e. The molecular formula is C17H20N4O3S2. The van der Waals surface area contributed by atoms with E-state index in [0.717, 1.165) is 19.1 Å². The summed E-state index contributed by atoms with van der Waals surface area (Å²) in [7, 11) is -3.40. The number of hydrogen-bond acceptors (Lipinski definition) is 6. The number of thiazole rings is 1. The lowest BCUT2D eigenvalue weighted by Gasteiger charge is -2.20. The Balaban J connectivity index is 1.52. The number of nitrogens with one attached hydrogen (secondary N) is 3. The van der Waals surface area contributed by atoms with Crippen LogP contribution in [0, 0.1) is 0 Å². The molecule has 3 heterocycles. The van der Waals surface area contributed by atoms with E-state index < -0.39 is 10.0 Å². The molecule has 2 aromatic rings. The minimum Gasteiger partial charge on any atom is -0.347 e. The van der Waals surface area contributed by atoms with Crippen LogP contribution < -0.4 is 15.4 Å². The van der Waals surface area contributed by atoms with E-state index in [4.69, 9.17) is 0 Å². The summed E-state index contributed by atoms with van der Waals surface area (Å²) in [6.45, 7) is 0. The van der Waals surface area contributed by atoms with Gasteiger partial charge in [0.15, 0.2) is 0 Å². The van der Waals surface area contributed by atoms with Crippen molar-refractivity contribution in [1.29, 1.82) is 0 Å². The van der Waals surface area contributed by atoms with Crippen molar-refractivity contribution < 1.29 is 13.2 Å². The van der Waals surface area contributed by atoms with Gasteiger partial charge in [0.2, 0.25) is 10.0 Å². The second kappa shape index (κ2) is 6.64. The molecule has 3 N–H and O–H groups in total. The minimum absolute atomic E-state index is 0.123. The van der Waals surface area contributed by atoms with Gasteiger partial charge in [-0.15, -0.1) is 11.3 Å². The average molecular weight is 393 g/mol. The third-order valence-electron chi connectivity index (χ3n) is 4.80. The lowest BCUT2D eigenvalue weighted by Crippen LogP contribution is -2.42. The van der Waals surface area contributed by atoms with Crippen molar-refractivity contribution >= 4 is 33.0 Å². The van der Waals surface area contributed by atoms with Crippen LogP contribution in [0.5, 0.6) is 0 Å². The van der Waals surface area contributed by atoms with Crippen molar-refractivity contribution in [2.24, 2.45) is 0 Å². The number of amides is 1. The van der Waals surface area contributed by atoms with Gasteiger partial charge < -0.3 is 10.6 Å². The fourth-order valence-electron chi connectivity index (χ4n) is 3.69. The topological polar surface area (TPSA) is 100 Å². The SMILES string of the molecule is CS(=O)(=O)Nc1ccccc1-c1ncc(C(=O)NC2CC3CCC2N3)s1. The molecule has 2 fully saturated rings. The van der Waals surface area contributed by atoms with Crippen molar-refractivity contribution in [3.05, 3.63) is 35.3 Å². The Labute approximate surface area is 156 Å². The van der Waals surface area contributed by atoms with Crippen molar-refractivity contribution in [2.45, 2.75) is 37.4 Å². The van der Waals surface area contributed by atoms with Gasteiger partial charge in [0.05, 0.1) is 18.1 Å². The molecule has 3 unspecified atom stereocenters. The van der Waals surface area contributed by atoms with E-state index in [1.54, 1.807) is 24.4 Å². The summed E-state index contributed by atoms with van der Waals surface area (Å²) in [5.41, 5.74) is 1.11. The summed E-state index contributed by atoms with van der Waals surface area (Å²) >= 11 is 1.26. The summed E-state index contributed by atoms with van der Waals surface area (Å²) in [6, 6.07) is 8.09. The van der Waals surface area contributed by atoms with Gasteiger partial charge in [0.1, 0.15) is 9.88 Å². The van der Waals surface area contributed by atoms with Gasteiger partial charge in [-0.05, 0) is 31.4 Å². The molecule has 2 saturated heterocycles. The molecule has 2 aliphatic rings. The van der Waals surface area contributed by atoms with Crippen LogP contribution in [0.25, 0.3) is 10.6 Å². The molecule has 3 atom stereocenters. The Bertz CT molecular complexity index is 941. The highest BCUT2D eigenvalue weighted by atomic mass is 32.2. The molecule has 4 rings (SSSR count). The van der Waals surface area contributed by atoms with Crippen LogP contribution in [-0.2, 0) is 10.0 Å². The van der Waals surface area contributed by atoms with Crippen LogP contribution in [0.3, 0.4) is 0 Å². The molecule has 1 aromatic carbocycles. The second-order valence-corrected chi connectivity index (χ2v) is 9.59. The zero-order valence-corrected chi connectivity index (χ0v) is 15.9. The lowest BCUT2D eigenvalue weighted by molar-refractivity contribution is 0.0935. The van der Waals surface area contributed by atoms with E-state index in [1.165, 1.54) is 17.8 Å². The first-order valence-corrected chi connectivity index (χ1v) is 11.2. The van der Waals surface area contributed by atoms with E-state index in [0.29, 0.717) is 33.2 Å². The molecular weight excluding hydrogens is 372 g/mol. The van der Waals surface area contributed by atoms with E-state index in [2.05, 4.69) is 20.3 Å². The number of benzene rings is 1. The molecule has 0 aliphatic carbocycles. The van der Waals surface area contributed by atoms with Gasteiger partial charge in [-0.2, -0.15) is 0 Å². The summed E-state index contributed by atoms with van der Waals surface area (Å²) < 4.78 is 25.6. The number of carbonyl (C=O) groups is 1. The zero-order valence-electron chi connectivity index (χ0n) is 14.2. The number of sulfonamides is 1. The van der Waals surface area contributed by atoms with Crippen molar-refractivity contribution in [1.82, 2.24) is 15.6 Å². The maximum absolute atomic E-state index is 12.6. The third kappa shape index (κ3) is 3.60. The number of aromatic nitrogens is 1. The predicted molar refractivity (Wildman–Crippen MR) is 102 cm³/mol. The molecule has 1 amide bonds. The number of rotatable bonds is 5. The molecule has 0 saturated carbocycles. The van der Waals surface area contributed by atoms with Crippen LogP contribution in [0.1, 0.15) is 28.9 Å². The molecule has 7 nitrogen and oxygen atoms in total. The molecule has 138 valence electrons. The normalized spacial score (nSPS) is 24.6. The highest BCUT2D eigenvalue weighted by molar-refractivity contribution is 7.92. The first kappa shape index (κ1) is 17.4. The number of hydrogen-bond donors (Lipinski definition) is 3. The maximum atomic E-state index is 12.6. The highest BCUT2D eigenvalue weighted by Gasteiger charge is 2.39. The molecule has 26 heavy (non-hydrogen) atoms. The Morgan fingerprint density at radius 1 is 1.31 bits per heavy atom. The van der Waals surface area contributed by atoms with Crippen molar-refractivity contribution in [2.75, 3.05) is 11.0 Å². The van der Waals surface area contributed by atoms with Gasteiger partial charge in [0.25, 0.3) is 5.91 Å². The van der Waals surface area contributed by atoms with E-state index in [1.807, 2.05) is 6.07 Å². The summed E-state index contributed by atoms with van der Waals surface area (Å²) in [4.78, 5) is 17.4. The van der Waals surface area contributed by atoms with E-state index >= 15 is 0 Å². The van der Waals surface area contributed by atoms with Crippen LogP contribution in [0.2, 0.25) is 0 Å². The first-order valence-electron chi connectivity index (χ1n) is 8.49. The Hall–Kier alpha value is -1.97.